The molecular formula is C16H18ClN3S2. The van der Waals surface area contributed by atoms with Crippen molar-refractivity contribution < 1.29 is 0 Å². The predicted octanol–water partition coefficient (Wildman–Crippen LogP) is 4.26. The molecule has 0 aliphatic rings. The molecule has 1 aromatic carbocycles. The van der Waals surface area contributed by atoms with Crippen molar-refractivity contribution in [1.82, 2.24) is 10.3 Å². The monoisotopic (exact) mass is 351 g/mol. The molecule has 1 aromatic heterocycles. The van der Waals surface area contributed by atoms with Crippen LogP contribution >= 0.6 is 35.6 Å². The third-order valence-electron chi connectivity index (χ3n) is 2.85. The molecule has 0 saturated heterocycles. The summed E-state index contributed by atoms with van der Waals surface area (Å²) in [6.07, 6.45) is 1.77. The lowest BCUT2D eigenvalue weighted by molar-refractivity contribution is 0.988. The number of thioether (sulfide) groups is 1. The number of hydrogen-bond acceptors (Lipinski definition) is 3. The number of aryl methyl sites for hydroxylation is 1. The molecule has 0 fully saturated rings. The van der Waals surface area contributed by atoms with Gasteiger partial charge < -0.3 is 10.6 Å². The summed E-state index contributed by atoms with van der Waals surface area (Å²) in [6, 6.07) is 11.9. The molecule has 0 radical (unpaired) electrons. The molecule has 1 heterocycles. The van der Waals surface area contributed by atoms with Crippen LogP contribution in [-0.4, -0.2) is 22.4 Å². The zero-order chi connectivity index (χ0) is 15.8. The second-order valence-corrected chi connectivity index (χ2v) is 6.73. The van der Waals surface area contributed by atoms with E-state index in [0.29, 0.717) is 5.11 Å². The van der Waals surface area contributed by atoms with Crippen LogP contribution < -0.4 is 10.6 Å². The third kappa shape index (κ3) is 6.22. The van der Waals surface area contributed by atoms with Gasteiger partial charge in [0.15, 0.2) is 5.11 Å². The Kier molecular flexibility index (Phi) is 6.96. The van der Waals surface area contributed by atoms with Crippen LogP contribution in [0.5, 0.6) is 0 Å². The smallest absolute Gasteiger partial charge is 0.171 e. The van der Waals surface area contributed by atoms with Crippen molar-refractivity contribution in [2.75, 3.05) is 17.6 Å². The van der Waals surface area contributed by atoms with Crippen LogP contribution in [0.4, 0.5) is 5.82 Å². The average Bonchev–Trinajstić information content (AvgIpc) is 2.47. The van der Waals surface area contributed by atoms with Gasteiger partial charge in [0, 0.05) is 29.3 Å². The summed E-state index contributed by atoms with van der Waals surface area (Å²) >= 11 is 13.1. The van der Waals surface area contributed by atoms with E-state index in [1.807, 2.05) is 49.0 Å². The molecule has 0 atom stereocenters. The number of anilines is 1. The van der Waals surface area contributed by atoms with Crippen LogP contribution in [0.15, 0.2) is 42.6 Å². The zero-order valence-electron chi connectivity index (χ0n) is 12.3. The lowest BCUT2D eigenvalue weighted by Gasteiger charge is -2.10. The van der Waals surface area contributed by atoms with Gasteiger partial charge in [-0.05, 0) is 54.5 Å². The van der Waals surface area contributed by atoms with Gasteiger partial charge >= 0.3 is 0 Å². The second kappa shape index (κ2) is 8.98. The second-order valence-electron chi connectivity index (χ2n) is 4.78. The molecular weight excluding hydrogens is 334 g/mol. The summed E-state index contributed by atoms with van der Waals surface area (Å²) in [5.74, 6) is 2.68. The number of thiocarbonyl (C=S) groups is 1. The van der Waals surface area contributed by atoms with E-state index in [2.05, 4.69) is 21.7 Å². The number of rotatable bonds is 6. The van der Waals surface area contributed by atoms with Gasteiger partial charge in [-0.3, -0.25) is 0 Å². The van der Waals surface area contributed by atoms with Crippen molar-refractivity contribution in [1.29, 1.82) is 0 Å². The average molecular weight is 352 g/mol. The van der Waals surface area contributed by atoms with Crippen LogP contribution in [0, 0.1) is 6.92 Å². The van der Waals surface area contributed by atoms with E-state index in [4.69, 9.17) is 23.8 Å². The topological polar surface area (TPSA) is 37.0 Å². The van der Waals surface area contributed by atoms with Gasteiger partial charge in [-0.1, -0.05) is 23.7 Å². The Labute approximate surface area is 145 Å². The van der Waals surface area contributed by atoms with Crippen molar-refractivity contribution in [3.63, 3.8) is 0 Å². The molecule has 116 valence electrons. The van der Waals surface area contributed by atoms with Crippen molar-refractivity contribution in [2.45, 2.75) is 12.7 Å². The van der Waals surface area contributed by atoms with Gasteiger partial charge in [-0.25, -0.2) is 4.98 Å². The highest BCUT2D eigenvalue weighted by molar-refractivity contribution is 7.98. The molecule has 0 spiro atoms. The van der Waals surface area contributed by atoms with Crippen LogP contribution in [0.1, 0.15) is 11.1 Å². The Morgan fingerprint density at radius 1 is 1.32 bits per heavy atom. The molecule has 0 bridgehead atoms. The van der Waals surface area contributed by atoms with E-state index < -0.39 is 0 Å². The quantitative estimate of drug-likeness (QED) is 0.600. The van der Waals surface area contributed by atoms with Crippen LogP contribution in [0.25, 0.3) is 0 Å². The largest absolute Gasteiger partial charge is 0.362 e. The maximum atomic E-state index is 5.96. The van der Waals surface area contributed by atoms with Gasteiger partial charge in [-0.2, -0.15) is 11.8 Å². The Balaban J connectivity index is 1.63. The first-order chi connectivity index (χ1) is 10.6. The molecule has 3 nitrogen and oxygen atoms in total. The number of halogens is 1. The first-order valence-electron chi connectivity index (χ1n) is 6.93. The van der Waals surface area contributed by atoms with E-state index >= 15 is 0 Å². The van der Waals surface area contributed by atoms with E-state index in [1.165, 1.54) is 5.56 Å². The number of pyridine rings is 1. The summed E-state index contributed by atoms with van der Waals surface area (Å²) in [4.78, 5) is 4.22. The number of hydrogen-bond donors (Lipinski definition) is 2. The van der Waals surface area contributed by atoms with Gasteiger partial charge in [0.2, 0.25) is 0 Å². The molecule has 2 N–H and O–H groups in total. The fourth-order valence-corrected chi connectivity index (χ4v) is 3.04. The van der Waals surface area contributed by atoms with Crippen molar-refractivity contribution in [3.05, 3.63) is 58.7 Å². The first-order valence-corrected chi connectivity index (χ1v) is 8.87. The Morgan fingerprint density at radius 2 is 2.18 bits per heavy atom. The summed E-state index contributed by atoms with van der Waals surface area (Å²) in [6.45, 7) is 2.83. The minimum Gasteiger partial charge on any atom is -0.362 e. The number of benzene rings is 1. The van der Waals surface area contributed by atoms with E-state index in [1.54, 1.807) is 6.20 Å². The minimum absolute atomic E-state index is 0.599. The number of nitrogens with zero attached hydrogens (tertiary/aromatic N) is 1. The summed E-state index contributed by atoms with van der Waals surface area (Å²) < 4.78 is 0. The lowest BCUT2D eigenvalue weighted by Crippen LogP contribution is -2.30. The molecule has 0 amide bonds. The normalized spacial score (nSPS) is 10.3. The van der Waals surface area contributed by atoms with E-state index in [0.717, 1.165) is 34.5 Å². The highest BCUT2D eigenvalue weighted by atomic mass is 35.5. The van der Waals surface area contributed by atoms with Crippen molar-refractivity contribution in [3.8, 4) is 0 Å². The predicted molar refractivity (Wildman–Crippen MR) is 101 cm³/mol. The minimum atomic E-state index is 0.599. The molecule has 0 aliphatic heterocycles. The molecule has 0 aliphatic carbocycles. The fraction of sp³-hybridized carbons (Fsp3) is 0.250. The molecule has 22 heavy (non-hydrogen) atoms. The maximum absolute atomic E-state index is 5.96. The molecule has 2 aromatic rings. The Bertz CT molecular complexity index is 634. The van der Waals surface area contributed by atoms with Crippen LogP contribution in [0.3, 0.4) is 0 Å². The Morgan fingerprint density at radius 3 is 2.95 bits per heavy atom. The SMILES string of the molecule is Cc1ccnc(NC(=S)NCCSCc2cccc(Cl)c2)c1. The lowest BCUT2D eigenvalue weighted by atomic mass is 10.2. The molecule has 0 saturated carbocycles. The zero-order valence-corrected chi connectivity index (χ0v) is 14.7. The van der Waals surface area contributed by atoms with Gasteiger partial charge in [0.05, 0.1) is 0 Å². The van der Waals surface area contributed by atoms with Gasteiger partial charge in [0.25, 0.3) is 0 Å². The highest BCUT2D eigenvalue weighted by Crippen LogP contribution is 2.16. The number of nitrogens with one attached hydrogen (secondary N) is 2. The molecule has 2 rings (SSSR count). The van der Waals surface area contributed by atoms with Crippen LogP contribution in [0.2, 0.25) is 5.02 Å². The van der Waals surface area contributed by atoms with Crippen molar-refractivity contribution in [2.24, 2.45) is 0 Å². The Hall–Kier alpha value is -1.30. The van der Waals surface area contributed by atoms with Crippen molar-refractivity contribution >= 4 is 46.5 Å². The number of aromatic nitrogens is 1. The van der Waals surface area contributed by atoms with E-state index in [-0.39, 0.29) is 0 Å². The summed E-state index contributed by atoms with van der Waals surface area (Å²) in [7, 11) is 0. The standard InChI is InChI=1S/C16H18ClN3S2/c1-12-5-6-18-15(9-12)20-16(21)19-7-8-22-11-13-3-2-4-14(17)10-13/h2-6,9-10H,7-8,11H2,1H3,(H2,18,19,20,21). The fourth-order valence-electron chi connectivity index (χ4n) is 1.82. The maximum Gasteiger partial charge on any atom is 0.171 e. The highest BCUT2D eigenvalue weighted by Gasteiger charge is 1.99. The van der Waals surface area contributed by atoms with Gasteiger partial charge in [0.1, 0.15) is 5.82 Å². The first kappa shape index (κ1) is 17.1. The van der Waals surface area contributed by atoms with Crippen LogP contribution in [-0.2, 0) is 5.75 Å². The third-order valence-corrected chi connectivity index (χ3v) is 4.36. The molecule has 6 heteroatoms. The van der Waals surface area contributed by atoms with E-state index in [9.17, 15) is 0 Å². The summed E-state index contributed by atoms with van der Waals surface area (Å²) in [5, 5.41) is 7.65. The summed E-state index contributed by atoms with van der Waals surface area (Å²) in [5.41, 5.74) is 2.39. The van der Waals surface area contributed by atoms with Gasteiger partial charge in [-0.15, -0.1) is 0 Å². The molecule has 0 unspecified atom stereocenters.